The molecule has 3 rings (SSSR count). The molecule has 2 heterocycles. The third-order valence-corrected chi connectivity index (χ3v) is 4.60. The SMILES string of the molecule is CC(C)[C@H](N)C(=O)N1CCC(c2nc3ccccc3[nH]2)CC1. The first kappa shape index (κ1) is 15.0. The number of carbonyl (C=O) groups excluding carboxylic acids is 1. The smallest absolute Gasteiger partial charge is 0.239 e. The van der Waals surface area contributed by atoms with Crippen LogP contribution in [0.3, 0.4) is 0 Å². The van der Waals surface area contributed by atoms with Gasteiger partial charge in [0, 0.05) is 19.0 Å². The second-order valence-corrected chi connectivity index (χ2v) is 6.51. The molecule has 1 fully saturated rings. The van der Waals surface area contributed by atoms with E-state index in [-0.39, 0.29) is 17.9 Å². The van der Waals surface area contributed by atoms with Gasteiger partial charge in [0.1, 0.15) is 5.82 Å². The maximum absolute atomic E-state index is 12.3. The van der Waals surface area contributed by atoms with Crippen molar-refractivity contribution in [2.24, 2.45) is 11.7 Å². The molecule has 3 N–H and O–H groups in total. The van der Waals surface area contributed by atoms with E-state index >= 15 is 0 Å². The number of likely N-dealkylation sites (tertiary alicyclic amines) is 1. The summed E-state index contributed by atoms with van der Waals surface area (Å²) in [7, 11) is 0. The Bertz CT molecular complexity index is 622. The molecular weight excluding hydrogens is 276 g/mol. The predicted molar refractivity (Wildman–Crippen MR) is 87.5 cm³/mol. The van der Waals surface area contributed by atoms with Crippen LogP contribution in [0.5, 0.6) is 0 Å². The molecule has 0 unspecified atom stereocenters. The molecule has 0 radical (unpaired) electrons. The lowest BCUT2D eigenvalue weighted by Crippen LogP contribution is -2.49. The van der Waals surface area contributed by atoms with Crippen molar-refractivity contribution in [1.29, 1.82) is 0 Å². The van der Waals surface area contributed by atoms with Gasteiger partial charge in [-0.2, -0.15) is 0 Å². The number of nitrogens with one attached hydrogen (secondary N) is 1. The van der Waals surface area contributed by atoms with Gasteiger partial charge >= 0.3 is 0 Å². The number of hydrogen-bond donors (Lipinski definition) is 2. The molecule has 1 aliphatic rings. The summed E-state index contributed by atoms with van der Waals surface area (Å²) in [6, 6.07) is 7.70. The van der Waals surface area contributed by atoms with E-state index in [1.165, 1.54) is 0 Å². The van der Waals surface area contributed by atoms with Gasteiger partial charge in [-0.3, -0.25) is 4.79 Å². The largest absolute Gasteiger partial charge is 0.342 e. The summed E-state index contributed by atoms with van der Waals surface area (Å²) in [5.41, 5.74) is 8.07. The van der Waals surface area contributed by atoms with Crippen LogP contribution in [0.25, 0.3) is 11.0 Å². The highest BCUT2D eigenvalue weighted by Gasteiger charge is 2.29. The third kappa shape index (κ3) is 2.86. The number of nitrogens with zero attached hydrogens (tertiary/aromatic N) is 2. The zero-order chi connectivity index (χ0) is 15.7. The van der Waals surface area contributed by atoms with Crippen LogP contribution in [0.4, 0.5) is 0 Å². The van der Waals surface area contributed by atoms with Crippen LogP contribution in [0, 0.1) is 5.92 Å². The Morgan fingerprint density at radius 1 is 1.32 bits per heavy atom. The Hall–Kier alpha value is -1.88. The lowest BCUT2D eigenvalue weighted by molar-refractivity contribution is -0.134. The Labute approximate surface area is 130 Å². The van der Waals surface area contributed by atoms with Gasteiger partial charge in [-0.15, -0.1) is 0 Å². The second kappa shape index (κ2) is 6.08. The summed E-state index contributed by atoms with van der Waals surface area (Å²) in [5, 5.41) is 0. The molecule has 22 heavy (non-hydrogen) atoms. The van der Waals surface area contributed by atoms with Crippen molar-refractivity contribution in [2.45, 2.75) is 38.6 Å². The van der Waals surface area contributed by atoms with Gasteiger partial charge in [0.2, 0.25) is 5.91 Å². The summed E-state index contributed by atoms with van der Waals surface area (Å²) in [6.45, 7) is 5.51. The van der Waals surface area contributed by atoms with E-state index in [9.17, 15) is 4.79 Å². The monoisotopic (exact) mass is 300 g/mol. The van der Waals surface area contributed by atoms with E-state index in [4.69, 9.17) is 5.73 Å². The Kier molecular flexibility index (Phi) is 4.16. The molecule has 118 valence electrons. The molecule has 1 amide bonds. The van der Waals surface area contributed by atoms with Gasteiger partial charge < -0.3 is 15.6 Å². The average molecular weight is 300 g/mol. The number of imidazole rings is 1. The number of carbonyl (C=O) groups is 1. The van der Waals surface area contributed by atoms with Crippen molar-refractivity contribution >= 4 is 16.9 Å². The quantitative estimate of drug-likeness (QED) is 0.913. The van der Waals surface area contributed by atoms with Crippen LogP contribution in [-0.2, 0) is 4.79 Å². The summed E-state index contributed by atoms with van der Waals surface area (Å²) in [6.07, 6.45) is 1.88. The van der Waals surface area contributed by atoms with Gasteiger partial charge in [-0.05, 0) is 30.9 Å². The number of benzene rings is 1. The number of nitrogens with two attached hydrogens (primary N) is 1. The molecule has 0 aliphatic carbocycles. The first-order valence-electron chi connectivity index (χ1n) is 8.05. The lowest BCUT2D eigenvalue weighted by Gasteiger charge is -2.33. The van der Waals surface area contributed by atoms with Crippen LogP contribution in [0.2, 0.25) is 0 Å². The van der Waals surface area contributed by atoms with Crippen LogP contribution in [0.15, 0.2) is 24.3 Å². The minimum absolute atomic E-state index is 0.0815. The van der Waals surface area contributed by atoms with Crippen molar-refractivity contribution in [3.63, 3.8) is 0 Å². The number of aromatic nitrogens is 2. The Morgan fingerprint density at radius 3 is 2.64 bits per heavy atom. The standard InChI is InChI=1S/C17H24N4O/c1-11(2)15(18)17(22)21-9-7-12(8-10-21)16-19-13-5-3-4-6-14(13)20-16/h3-6,11-12,15H,7-10,18H2,1-2H3,(H,19,20)/t15-/m0/s1. The molecule has 0 bridgehead atoms. The van der Waals surface area contributed by atoms with E-state index in [0.29, 0.717) is 5.92 Å². The van der Waals surface area contributed by atoms with E-state index in [1.807, 2.05) is 43.0 Å². The molecule has 1 aromatic carbocycles. The number of hydrogen-bond acceptors (Lipinski definition) is 3. The van der Waals surface area contributed by atoms with Crippen LogP contribution in [-0.4, -0.2) is 39.9 Å². The number of piperidine rings is 1. The molecule has 5 nitrogen and oxygen atoms in total. The molecular formula is C17H24N4O. The number of fused-ring (bicyclic) bond motifs is 1. The molecule has 0 saturated carbocycles. The van der Waals surface area contributed by atoms with E-state index in [1.54, 1.807) is 0 Å². The Balaban J connectivity index is 1.65. The van der Waals surface area contributed by atoms with Crippen LogP contribution < -0.4 is 5.73 Å². The van der Waals surface area contributed by atoms with E-state index in [0.717, 1.165) is 42.8 Å². The fourth-order valence-electron chi connectivity index (χ4n) is 3.04. The molecule has 5 heteroatoms. The van der Waals surface area contributed by atoms with Crippen molar-refractivity contribution in [2.75, 3.05) is 13.1 Å². The normalized spacial score (nSPS) is 18.1. The number of para-hydroxylation sites is 2. The number of amides is 1. The van der Waals surface area contributed by atoms with Crippen LogP contribution >= 0.6 is 0 Å². The number of H-pyrrole nitrogens is 1. The minimum Gasteiger partial charge on any atom is -0.342 e. The van der Waals surface area contributed by atoms with E-state index in [2.05, 4.69) is 9.97 Å². The predicted octanol–water partition coefficient (Wildman–Crippen LogP) is 2.25. The maximum atomic E-state index is 12.3. The average Bonchev–Trinajstić information content (AvgIpc) is 2.97. The van der Waals surface area contributed by atoms with Crippen molar-refractivity contribution in [1.82, 2.24) is 14.9 Å². The van der Waals surface area contributed by atoms with Gasteiger partial charge in [0.25, 0.3) is 0 Å². The van der Waals surface area contributed by atoms with Crippen LogP contribution in [0.1, 0.15) is 38.4 Å². The molecule has 1 saturated heterocycles. The van der Waals surface area contributed by atoms with Crippen molar-refractivity contribution in [3.8, 4) is 0 Å². The maximum Gasteiger partial charge on any atom is 0.239 e. The minimum atomic E-state index is -0.386. The van der Waals surface area contributed by atoms with Gasteiger partial charge in [-0.25, -0.2) is 4.98 Å². The van der Waals surface area contributed by atoms with Crippen molar-refractivity contribution < 1.29 is 4.79 Å². The highest BCUT2D eigenvalue weighted by molar-refractivity contribution is 5.82. The van der Waals surface area contributed by atoms with Gasteiger partial charge in [0.15, 0.2) is 0 Å². The molecule has 1 atom stereocenters. The van der Waals surface area contributed by atoms with Crippen molar-refractivity contribution in [3.05, 3.63) is 30.1 Å². The topological polar surface area (TPSA) is 75.0 Å². The number of rotatable bonds is 3. The summed E-state index contributed by atoms with van der Waals surface area (Å²) < 4.78 is 0. The molecule has 2 aromatic rings. The molecule has 1 aromatic heterocycles. The highest BCUT2D eigenvalue weighted by atomic mass is 16.2. The van der Waals surface area contributed by atoms with Gasteiger partial charge in [-0.1, -0.05) is 26.0 Å². The molecule has 1 aliphatic heterocycles. The summed E-state index contributed by atoms with van der Waals surface area (Å²) >= 11 is 0. The zero-order valence-electron chi connectivity index (χ0n) is 13.2. The summed E-state index contributed by atoms with van der Waals surface area (Å²) in [5.74, 6) is 1.70. The first-order chi connectivity index (χ1) is 10.6. The number of aromatic amines is 1. The summed E-state index contributed by atoms with van der Waals surface area (Å²) in [4.78, 5) is 22.3. The Morgan fingerprint density at radius 2 is 2.00 bits per heavy atom. The molecule has 0 spiro atoms. The van der Waals surface area contributed by atoms with Gasteiger partial charge in [0.05, 0.1) is 17.1 Å². The second-order valence-electron chi connectivity index (χ2n) is 6.51. The highest BCUT2D eigenvalue weighted by Crippen LogP contribution is 2.28. The first-order valence-corrected chi connectivity index (χ1v) is 8.05. The third-order valence-electron chi connectivity index (χ3n) is 4.60. The lowest BCUT2D eigenvalue weighted by atomic mass is 9.94. The van der Waals surface area contributed by atoms with E-state index < -0.39 is 0 Å². The fraction of sp³-hybridized carbons (Fsp3) is 0.529. The fourth-order valence-corrected chi connectivity index (χ4v) is 3.04. The zero-order valence-corrected chi connectivity index (χ0v) is 13.2.